The summed E-state index contributed by atoms with van der Waals surface area (Å²) in [6.07, 6.45) is 8.07. The predicted molar refractivity (Wildman–Crippen MR) is 122 cm³/mol. The highest BCUT2D eigenvalue weighted by Gasteiger charge is 2.19. The lowest BCUT2D eigenvalue weighted by molar-refractivity contribution is -0.140. The lowest BCUT2D eigenvalue weighted by Crippen LogP contribution is -2.11. The molecule has 0 fully saturated rings. The zero-order chi connectivity index (χ0) is 22.2. The molecule has 8 heteroatoms. The molecule has 0 atom stereocenters. The van der Waals surface area contributed by atoms with Crippen molar-refractivity contribution in [2.45, 2.75) is 0 Å². The Kier molecular flexibility index (Phi) is 4.52. The summed E-state index contributed by atoms with van der Waals surface area (Å²) >= 11 is 0. The molecule has 3 aromatic heterocycles. The van der Waals surface area contributed by atoms with Gasteiger partial charge in [0.15, 0.2) is 0 Å². The molecule has 0 radical (unpaired) electrons. The van der Waals surface area contributed by atoms with Gasteiger partial charge < -0.3 is 20.2 Å². The van der Waals surface area contributed by atoms with Gasteiger partial charge in [0, 0.05) is 27.6 Å². The molecule has 156 valence electrons. The minimum atomic E-state index is -1.54. The molecule has 5 heterocycles. The Morgan fingerprint density at radius 1 is 0.688 bits per heavy atom. The fourth-order valence-corrected chi connectivity index (χ4v) is 3.54. The van der Waals surface area contributed by atoms with Crippen LogP contribution in [0.15, 0.2) is 48.0 Å². The molecule has 8 nitrogen and oxygen atoms in total. The van der Waals surface area contributed by atoms with Crippen LogP contribution < -0.4 is 0 Å². The Morgan fingerprint density at radius 3 is 1.56 bits per heavy atom. The SMILES string of the molecule is O=C(O)C(=Cc1c2nc(cc3ccc(cc4ccc(cc5nc1C=C5)[nH]4)[nH]3)C=C2)C(=O)O. The van der Waals surface area contributed by atoms with Gasteiger partial charge in [0.25, 0.3) is 0 Å². The average molecular weight is 424 g/mol. The van der Waals surface area contributed by atoms with E-state index in [-0.39, 0.29) is 0 Å². The van der Waals surface area contributed by atoms with E-state index in [4.69, 9.17) is 0 Å². The van der Waals surface area contributed by atoms with Crippen LogP contribution in [0.5, 0.6) is 0 Å². The van der Waals surface area contributed by atoms with Crippen molar-refractivity contribution in [1.29, 1.82) is 0 Å². The van der Waals surface area contributed by atoms with Crippen LogP contribution in [0, 0.1) is 0 Å². The van der Waals surface area contributed by atoms with Gasteiger partial charge >= 0.3 is 11.9 Å². The maximum absolute atomic E-state index is 11.5. The number of hydrogen-bond donors (Lipinski definition) is 4. The van der Waals surface area contributed by atoms with Crippen LogP contribution in [0.25, 0.3) is 52.4 Å². The van der Waals surface area contributed by atoms with Crippen molar-refractivity contribution in [2.75, 3.05) is 0 Å². The number of carboxylic acid groups (broad SMARTS) is 2. The summed E-state index contributed by atoms with van der Waals surface area (Å²) in [4.78, 5) is 38.7. The third-order valence-corrected chi connectivity index (χ3v) is 5.00. The van der Waals surface area contributed by atoms with Crippen LogP contribution in [0.4, 0.5) is 0 Å². The van der Waals surface area contributed by atoms with Crippen molar-refractivity contribution in [3.63, 3.8) is 0 Å². The van der Waals surface area contributed by atoms with E-state index in [1.807, 2.05) is 42.5 Å². The molecule has 0 aliphatic carbocycles. The summed E-state index contributed by atoms with van der Waals surface area (Å²) in [7, 11) is 0. The van der Waals surface area contributed by atoms with Gasteiger partial charge in [-0.25, -0.2) is 19.6 Å². The molecule has 8 bridgehead atoms. The summed E-state index contributed by atoms with van der Waals surface area (Å²) in [5.41, 5.74) is 5.18. The molecule has 5 rings (SSSR count). The number of hydrogen-bond acceptors (Lipinski definition) is 4. The lowest BCUT2D eigenvalue weighted by Gasteiger charge is -2.00. The number of aliphatic carboxylic acids is 2. The molecule has 32 heavy (non-hydrogen) atoms. The van der Waals surface area contributed by atoms with Crippen molar-refractivity contribution >= 4 is 64.4 Å². The second kappa shape index (κ2) is 7.51. The number of aromatic amines is 2. The lowest BCUT2D eigenvalue weighted by atomic mass is 10.1. The van der Waals surface area contributed by atoms with E-state index in [0.717, 1.165) is 28.1 Å². The van der Waals surface area contributed by atoms with E-state index in [1.54, 1.807) is 24.3 Å². The molecule has 0 saturated carbocycles. The van der Waals surface area contributed by atoms with Gasteiger partial charge in [-0.05, 0) is 72.8 Å². The van der Waals surface area contributed by atoms with Crippen LogP contribution in [-0.4, -0.2) is 42.1 Å². The number of rotatable bonds is 3. The minimum Gasteiger partial charge on any atom is -0.477 e. The Hall–Kier alpha value is -4.72. The summed E-state index contributed by atoms with van der Waals surface area (Å²) in [5, 5.41) is 18.7. The van der Waals surface area contributed by atoms with Crippen LogP contribution in [0.1, 0.15) is 28.3 Å². The first kappa shape index (κ1) is 19.3. The predicted octanol–water partition coefficient (Wildman–Crippen LogP) is 4.21. The summed E-state index contributed by atoms with van der Waals surface area (Å²) < 4.78 is 0. The average Bonchev–Trinajstić information content (AvgIpc) is 3.52. The van der Waals surface area contributed by atoms with Gasteiger partial charge in [0.1, 0.15) is 5.57 Å². The molecular formula is C24H16N4O4. The molecule has 0 amide bonds. The number of nitrogens with zero attached hydrogens (tertiary/aromatic N) is 2. The summed E-state index contributed by atoms with van der Waals surface area (Å²) in [6.45, 7) is 0. The van der Waals surface area contributed by atoms with Crippen molar-refractivity contribution in [1.82, 2.24) is 19.9 Å². The van der Waals surface area contributed by atoms with E-state index in [0.29, 0.717) is 28.3 Å². The topological polar surface area (TPSA) is 132 Å². The Bertz CT molecular complexity index is 1430. The Labute approximate surface area is 180 Å². The van der Waals surface area contributed by atoms with Gasteiger partial charge in [0.2, 0.25) is 0 Å². The number of nitrogens with one attached hydrogen (secondary N) is 2. The van der Waals surface area contributed by atoms with E-state index < -0.39 is 17.5 Å². The van der Waals surface area contributed by atoms with E-state index in [2.05, 4.69) is 19.9 Å². The molecule has 0 saturated heterocycles. The smallest absolute Gasteiger partial charge is 0.343 e. The molecular weight excluding hydrogens is 408 g/mol. The molecule has 3 aromatic rings. The van der Waals surface area contributed by atoms with Crippen LogP contribution in [-0.2, 0) is 9.59 Å². The Morgan fingerprint density at radius 2 is 1.12 bits per heavy atom. The first-order valence-corrected chi connectivity index (χ1v) is 9.70. The van der Waals surface area contributed by atoms with E-state index in [9.17, 15) is 19.8 Å². The summed E-state index contributed by atoms with van der Waals surface area (Å²) in [5.74, 6) is -3.08. The van der Waals surface area contributed by atoms with Crippen LogP contribution in [0.2, 0.25) is 0 Å². The zero-order valence-electron chi connectivity index (χ0n) is 16.5. The normalized spacial score (nSPS) is 12.0. The fourth-order valence-electron chi connectivity index (χ4n) is 3.54. The highest BCUT2D eigenvalue weighted by Crippen LogP contribution is 2.24. The van der Waals surface area contributed by atoms with Gasteiger partial charge in [-0.2, -0.15) is 0 Å². The number of fused-ring (bicyclic) bond motifs is 8. The highest BCUT2D eigenvalue weighted by molar-refractivity contribution is 6.16. The fraction of sp³-hybridized carbons (Fsp3) is 0. The maximum Gasteiger partial charge on any atom is 0.343 e. The van der Waals surface area contributed by atoms with Gasteiger partial charge in [-0.1, -0.05) is 0 Å². The van der Waals surface area contributed by atoms with Gasteiger partial charge in [-0.3, -0.25) is 0 Å². The second-order valence-corrected chi connectivity index (χ2v) is 7.26. The third kappa shape index (κ3) is 3.72. The van der Waals surface area contributed by atoms with E-state index >= 15 is 0 Å². The van der Waals surface area contributed by atoms with Crippen LogP contribution >= 0.6 is 0 Å². The van der Waals surface area contributed by atoms with Crippen LogP contribution in [0.3, 0.4) is 0 Å². The molecule has 0 unspecified atom stereocenters. The van der Waals surface area contributed by atoms with Gasteiger partial charge in [-0.15, -0.1) is 0 Å². The third-order valence-electron chi connectivity index (χ3n) is 5.00. The number of aromatic nitrogens is 4. The standard InChI is InChI=1S/C24H16N4O4/c29-23(30)20(24(31)32)12-19-21-7-5-17(27-21)10-15-3-1-13(25-15)9-14-2-4-16(26-14)11-18-6-8-22(19)28-18/h1-12,25-26H,(H,29,30)(H,31,32). The van der Waals surface area contributed by atoms with Gasteiger partial charge in [0.05, 0.1) is 22.8 Å². The molecule has 0 spiro atoms. The Balaban J connectivity index is 1.87. The molecule has 4 N–H and O–H groups in total. The monoisotopic (exact) mass is 424 g/mol. The van der Waals surface area contributed by atoms with Crippen molar-refractivity contribution in [3.05, 3.63) is 76.4 Å². The quantitative estimate of drug-likeness (QED) is 0.195. The molecule has 2 aliphatic heterocycles. The van der Waals surface area contributed by atoms with Crippen molar-refractivity contribution < 1.29 is 19.8 Å². The maximum atomic E-state index is 11.5. The zero-order valence-corrected chi connectivity index (χ0v) is 16.5. The minimum absolute atomic E-state index is 0.309. The first-order chi connectivity index (χ1) is 15.4. The second-order valence-electron chi connectivity index (χ2n) is 7.26. The largest absolute Gasteiger partial charge is 0.477 e. The highest BCUT2D eigenvalue weighted by atomic mass is 16.4. The first-order valence-electron chi connectivity index (χ1n) is 9.70. The van der Waals surface area contributed by atoms with E-state index in [1.165, 1.54) is 0 Å². The molecule has 0 aromatic carbocycles. The number of carboxylic acids is 2. The van der Waals surface area contributed by atoms with Crippen molar-refractivity contribution in [2.24, 2.45) is 0 Å². The number of carbonyl (C=O) groups is 2. The summed E-state index contributed by atoms with van der Waals surface area (Å²) in [6, 6.07) is 13.4. The number of H-pyrrole nitrogens is 2. The molecule has 2 aliphatic rings. The van der Waals surface area contributed by atoms with Crippen molar-refractivity contribution in [3.8, 4) is 0 Å².